The molecule has 0 N–H and O–H groups in total. The van der Waals surface area contributed by atoms with Crippen LogP contribution in [0.15, 0.2) is 18.2 Å². The smallest absolute Gasteiger partial charge is 0.0408 e. The molecule has 15 heavy (non-hydrogen) atoms. The van der Waals surface area contributed by atoms with Crippen LogP contribution < -0.4 is 0 Å². The highest BCUT2D eigenvalue weighted by Crippen LogP contribution is 2.65. The van der Waals surface area contributed by atoms with Crippen LogP contribution in [0.2, 0.25) is 5.02 Å². The molecule has 2 atom stereocenters. The maximum Gasteiger partial charge on any atom is 0.0408 e. The predicted molar refractivity (Wildman–Crippen MR) is 66.9 cm³/mol. The number of hydrogen-bond donors (Lipinski definition) is 0. The van der Waals surface area contributed by atoms with Crippen molar-refractivity contribution < 1.29 is 0 Å². The molecule has 1 aromatic carbocycles. The summed E-state index contributed by atoms with van der Waals surface area (Å²) >= 11 is 11.9. The quantitative estimate of drug-likeness (QED) is 0.664. The van der Waals surface area contributed by atoms with Gasteiger partial charge in [-0.25, -0.2) is 0 Å². The summed E-state index contributed by atoms with van der Waals surface area (Å²) in [5, 5.41) is 0.817. The Morgan fingerprint density at radius 1 is 1.33 bits per heavy atom. The van der Waals surface area contributed by atoms with E-state index >= 15 is 0 Å². The fraction of sp³-hybridized carbons (Fsp3) is 0.538. The summed E-state index contributed by atoms with van der Waals surface area (Å²) in [5.74, 6) is 1.96. The molecule has 0 amide bonds. The Hall–Kier alpha value is -0.200. The third-order valence-corrected chi connectivity index (χ3v) is 4.35. The second-order valence-corrected chi connectivity index (χ2v) is 5.81. The molecule has 1 saturated carbocycles. The molecular weight excluding hydrogens is 227 g/mol. The minimum Gasteiger partial charge on any atom is -0.126 e. The Balaban J connectivity index is 2.33. The monoisotopic (exact) mass is 242 g/mol. The second kappa shape index (κ2) is 3.68. The first-order valence-corrected chi connectivity index (χ1v) is 6.21. The van der Waals surface area contributed by atoms with Gasteiger partial charge in [-0.15, -0.1) is 11.6 Å². The lowest BCUT2D eigenvalue weighted by atomic mass is 9.99. The topological polar surface area (TPSA) is 0 Å². The standard InChI is InChI=1S/C13H16Cl2/c1-8-6-9(15)4-5-10(8)12-11(7-14)13(12,2)3/h4-6,11-12H,7H2,1-3H3. The molecule has 0 aromatic heterocycles. The van der Waals surface area contributed by atoms with Gasteiger partial charge in [0.1, 0.15) is 0 Å². The molecule has 2 heteroatoms. The maximum atomic E-state index is 5.99. The molecular formula is C13H16Cl2. The van der Waals surface area contributed by atoms with E-state index in [4.69, 9.17) is 23.2 Å². The van der Waals surface area contributed by atoms with E-state index in [2.05, 4.69) is 26.8 Å². The highest BCUT2D eigenvalue weighted by Gasteiger charge is 2.57. The number of hydrogen-bond acceptors (Lipinski definition) is 0. The van der Waals surface area contributed by atoms with Gasteiger partial charge in [0.25, 0.3) is 0 Å². The maximum absolute atomic E-state index is 5.99. The highest BCUT2D eigenvalue weighted by atomic mass is 35.5. The summed E-state index contributed by atoms with van der Waals surface area (Å²) in [6, 6.07) is 6.16. The van der Waals surface area contributed by atoms with Crippen molar-refractivity contribution in [3.8, 4) is 0 Å². The zero-order chi connectivity index (χ0) is 11.2. The van der Waals surface area contributed by atoms with Gasteiger partial charge in [-0.2, -0.15) is 0 Å². The van der Waals surface area contributed by atoms with Gasteiger partial charge in [-0.05, 0) is 47.4 Å². The molecule has 0 saturated heterocycles. The summed E-state index contributed by atoms with van der Waals surface area (Å²) in [6.07, 6.45) is 0. The van der Waals surface area contributed by atoms with Crippen molar-refractivity contribution in [2.45, 2.75) is 26.7 Å². The van der Waals surface area contributed by atoms with Gasteiger partial charge >= 0.3 is 0 Å². The van der Waals surface area contributed by atoms with Crippen molar-refractivity contribution in [3.63, 3.8) is 0 Å². The number of rotatable bonds is 2. The lowest BCUT2D eigenvalue weighted by Crippen LogP contribution is -1.92. The molecule has 2 rings (SSSR count). The summed E-state index contributed by atoms with van der Waals surface area (Å²) in [6.45, 7) is 6.71. The summed E-state index contributed by atoms with van der Waals surface area (Å²) in [5.41, 5.74) is 3.05. The third-order valence-electron chi connectivity index (χ3n) is 3.78. The minimum absolute atomic E-state index is 0.348. The molecule has 0 radical (unpaired) electrons. The average molecular weight is 243 g/mol. The van der Waals surface area contributed by atoms with Crippen molar-refractivity contribution in [3.05, 3.63) is 34.3 Å². The van der Waals surface area contributed by atoms with Gasteiger partial charge in [0, 0.05) is 10.9 Å². The Morgan fingerprint density at radius 3 is 2.47 bits per heavy atom. The normalized spacial score (nSPS) is 27.8. The van der Waals surface area contributed by atoms with E-state index in [9.17, 15) is 0 Å². The van der Waals surface area contributed by atoms with Crippen LogP contribution in [0, 0.1) is 18.3 Å². The fourth-order valence-electron chi connectivity index (χ4n) is 2.64. The van der Waals surface area contributed by atoms with Crippen LogP contribution in [0.3, 0.4) is 0 Å². The first kappa shape index (κ1) is 11.3. The van der Waals surface area contributed by atoms with Crippen molar-refractivity contribution >= 4 is 23.2 Å². The van der Waals surface area contributed by atoms with E-state index in [1.807, 2.05) is 12.1 Å². The molecule has 0 heterocycles. The fourth-order valence-corrected chi connectivity index (χ4v) is 3.44. The largest absolute Gasteiger partial charge is 0.126 e. The van der Waals surface area contributed by atoms with E-state index in [0.717, 1.165) is 10.9 Å². The molecule has 1 aliphatic carbocycles. The van der Waals surface area contributed by atoms with Crippen LogP contribution in [0.1, 0.15) is 30.9 Å². The van der Waals surface area contributed by atoms with E-state index in [0.29, 0.717) is 17.3 Å². The van der Waals surface area contributed by atoms with E-state index in [1.54, 1.807) is 0 Å². The lowest BCUT2D eigenvalue weighted by molar-refractivity contribution is 0.577. The zero-order valence-electron chi connectivity index (χ0n) is 9.35. The predicted octanol–water partition coefficient (Wildman–Crippen LogP) is 4.63. The number of aryl methyl sites for hydroxylation is 1. The van der Waals surface area contributed by atoms with Crippen molar-refractivity contribution in [1.82, 2.24) is 0 Å². The third kappa shape index (κ3) is 1.79. The van der Waals surface area contributed by atoms with Crippen LogP contribution in [0.25, 0.3) is 0 Å². The van der Waals surface area contributed by atoms with Gasteiger partial charge in [0.15, 0.2) is 0 Å². The molecule has 0 nitrogen and oxygen atoms in total. The molecule has 1 fully saturated rings. The van der Waals surface area contributed by atoms with Crippen LogP contribution in [-0.4, -0.2) is 5.88 Å². The Kier molecular flexibility index (Phi) is 2.77. The van der Waals surface area contributed by atoms with Crippen molar-refractivity contribution in [1.29, 1.82) is 0 Å². The second-order valence-electron chi connectivity index (χ2n) is 5.06. The Bertz CT molecular complexity index is 382. The van der Waals surface area contributed by atoms with Gasteiger partial charge in [-0.3, -0.25) is 0 Å². The van der Waals surface area contributed by atoms with Crippen LogP contribution in [-0.2, 0) is 0 Å². The molecule has 0 spiro atoms. The van der Waals surface area contributed by atoms with Gasteiger partial charge in [0.2, 0.25) is 0 Å². The molecule has 0 bridgehead atoms. The highest BCUT2D eigenvalue weighted by molar-refractivity contribution is 6.30. The zero-order valence-corrected chi connectivity index (χ0v) is 10.9. The Morgan fingerprint density at radius 2 is 2.00 bits per heavy atom. The van der Waals surface area contributed by atoms with Gasteiger partial charge < -0.3 is 0 Å². The molecule has 82 valence electrons. The van der Waals surface area contributed by atoms with Gasteiger partial charge in [-0.1, -0.05) is 31.5 Å². The first-order valence-electron chi connectivity index (χ1n) is 5.30. The molecule has 2 unspecified atom stereocenters. The van der Waals surface area contributed by atoms with E-state index in [1.165, 1.54) is 11.1 Å². The van der Waals surface area contributed by atoms with Crippen LogP contribution >= 0.6 is 23.2 Å². The van der Waals surface area contributed by atoms with Crippen molar-refractivity contribution in [2.75, 3.05) is 5.88 Å². The first-order chi connectivity index (χ1) is 6.98. The number of halogens is 2. The van der Waals surface area contributed by atoms with E-state index in [-0.39, 0.29) is 0 Å². The molecule has 1 aliphatic rings. The lowest BCUT2D eigenvalue weighted by Gasteiger charge is -2.07. The average Bonchev–Trinajstić information content (AvgIpc) is 2.68. The molecule has 0 aliphatic heterocycles. The Labute approximate surface area is 102 Å². The van der Waals surface area contributed by atoms with Crippen molar-refractivity contribution in [2.24, 2.45) is 11.3 Å². The SMILES string of the molecule is Cc1cc(Cl)ccc1C1C(CCl)C1(C)C. The van der Waals surface area contributed by atoms with Crippen LogP contribution in [0.4, 0.5) is 0 Å². The summed E-state index contributed by atoms with van der Waals surface area (Å²) in [7, 11) is 0. The summed E-state index contributed by atoms with van der Waals surface area (Å²) in [4.78, 5) is 0. The number of benzene rings is 1. The minimum atomic E-state index is 0.348. The number of alkyl halides is 1. The van der Waals surface area contributed by atoms with Gasteiger partial charge in [0.05, 0.1) is 0 Å². The van der Waals surface area contributed by atoms with E-state index < -0.39 is 0 Å². The summed E-state index contributed by atoms with van der Waals surface area (Å²) < 4.78 is 0. The molecule has 1 aromatic rings. The van der Waals surface area contributed by atoms with Crippen LogP contribution in [0.5, 0.6) is 0 Å².